The SMILES string of the molecule is OCCOc1ccc2ccccc2c1-c1c(OCc2cccc3c2Sc2c(COc4ccc5ccccc5c4-c4c(OCCO)ccc5ccccc45)cccc2S3)ccc2ccccc12. The highest BCUT2D eigenvalue weighted by Crippen LogP contribution is 2.53. The largest absolute Gasteiger partial charge is 0.491 e. The van der Waals surface area contributed by atoms with Crippen LogP contribution in [0.3, 0.4) is 0 Å². The maximum atomic E-state index is 9.78. The van der Waals surface area contributed by atoms with E-state index in [1.165, 1.54) is 9.79 Å². The summed E-state index contributed by atoms with van der Waals surface area (Å²) in [4.78, 5) is 4.69. The molecule has 0 bridgehead atoms. The molecule has 2 N–H and O–H groups in total. The fourth-order valence-corrected chi connectivity index (χ4v) is 11.6. The predicted molar refractivity (Wildman–Crippen MR) is 269 cm³/mol. The van der Waals surface area contributed by atoms with Crippen molar-refractivity contribution in [2.45, 2.75) is 32.8 Å². The van der Waals surface area contributed by atoms with E-state index in [2.05, 4.69) is 146 Å². The molecule has 10 aromatic carbocycles. The lowest BCUT2D eigenvalue weighted by Gasteiger charge is -2.24. The molecule has 0 aromatic heterocycles. The number of fused-ring (bicyclic) bond motifs is 6. The maximum Gasteiger partial charge on any atom is 0.128 e. The summed E-state index contributed by atoms with van der Waals surface area (Å²) < 4.78 is 26.4. The highest BCUT2D eigenvalue weighted by atomic mass is 32.2. The first-order valence-corrected chi connectivity index (χ1v) is 23.7. The Labute approximate surface area is 391 Å². The van der Waals surface area contributed by atoms with E-state index in [1.54, 1.807) is 23.5 Å². The molecule has 1 aliphatic rings. The molecule has 0 spiro atoms. The molecule has 0 aliphatic carbocycles. The monoisotopic (exact) mass is 900 g/mol. The number of benzene rings is 10. The van der Waals surface area contributed by atoms with Crippen LogP contribution < -0.4 is 18.9 Å². The van der Waals surface area contributed by atoms with Crippen molar-refractivity contribution < 1.29 is 29.2 Å². The van der Waals surface area contributed by atoms with Gasteiger partial charge < -0.3 is 29.2 Å². The third kappa shape index (κ3) is 7.86. The van der Waals surface area contributed by atoms with Crippen molar-refractivity contribution >= 4 is 66.6 Å². The van der Waals surface area contributed by atoms with Gasteiger partial charge in [0.1, 0.15) is 49.4 Å². The second-order valence-electron chi connectivity index (χ2n) is 16.1. The Kier molecular flexibility index (Phi) is 11.7. The number of ether oxygens (including phenoxy) is 4. The Morgan fingerprint density at radius 2 is 0.652 bits per heavy atom. The molecule has 324 valence electrons. The van der Waals surface area contributed by atoms with Gasteiger partial charge in [-0.3, -0.25) is 0 Å². The Hall–Kier alpha value is -6.94. The third-order valence-corrected chi connectivity index (χ3v) is 14.8. The van der Waals surface area contributed by atoms with Crippen LogP contribution in [0.4, 0.5) is 0 Å². The van der Waals surface area contributed by atoms with Gasteiger partial charge in [0.2, 0.25) is 0 Å². The summed E-state index contributed by atoms with van der Waals surface area (Å²) in [7, 11) is 0. The summed E-state index contributed by atoms with van der Waals surface area (Å²) in [6, 6.07) is 62.8. The molecule has 0 radical (unpaired) electrons. The van der Waals surface area contributed by atoms with Gasteiger partial charge in [0.05, 0.1) is 13.2 Å². The molecule has 66 heavy (non-hydrogen) atoms. The van der Waals surface area contributed by atoms with E-state index in [4.69, 9.17) is 18.9 Å². The average molecular weight is 901 g/mol. The lowest BCUT2D eigenvalue weighted by Crippen LogP contribution is -2.06. The van der Waals surface area contributed by atoms with Crippen molar-refractivity contribution in [1.82, 2.24) is 0 Å². The van der Waals surface area contributed by atoms with Gasteiger partial charge >= 0.3 is 0 Å². The van der Waals surface area contributed by atoms with E-state index >= 15 is 0 Å². The summed E-state index contributed by atoms with van der Waals surface area (Å²) in [6.45, 7) is 0.880. The summed E-state index contributed by atoms with van der Waals surface area (Å²) in [5.41, 5.74) is 5.97. The first-order chi connectivity index (χ1) is 32.7. The van der Waals surface area contributed by atoms with Crippen LogP contribution in [-0.2, 0) is 13.2 Å². The number of aliphatic hydroxyl groups is 2. The molecule has 11 rings (SSSR count). The molecule has 0 fully saturated rings. The highest BCUT2D eigenvalue weighted by molar-refractivity contribution is 8.05. The summed E-state index contributed by atoms with van der Waals surface area (Å²) in [5.74, 6) is 2.90. The average Bonchev–Trinajstić information content (AvgIpc) is 3.37. The standard InChI is InChI=1S/C58H44O6S2/c59-31-33-61-47-27-23-37-11-1-5-17-43(37)53(47)55-45-19-7-3-13-39(45)25-29-49(55)63-35-41-15-9-21-51-57(41)66-58-42(16-10-22-52(58)65-51)36-64-50-30-26-40-14-4-8-20-46(40)56(50)54-44-18-6-2-12-38(44)24-28-48(54)62-34-32-60/h1-30,59-60H,31-36H2. The molecule has 0 unspecified atom stereocenters. The summed E-state index contributed by atoms with van der Waals surface area (Å²) in [6.07, 6.45) is 0. The van der Waals surface area contributed by atoms with Crippen LogP contribution in [0.15, 0.2) is 202 Å². The van der Waals surface area contributed by atoms with Gasteiger partial charge in [-0.05, 0) is 79.5 Å². The molecular formula is C58H44O6S2. The van der Waals surface area contributed by atoms with Crippen LogP contribution in [0.1, 0.15) is 11.1 Å². The van der Waals surface area contributed by atoms with Crippen molar-refractivity contribution in [3.05, 3.63) is 193 Å². The molecule has 1 heterocycles. The zero-order valence-electron chi connectivity index (χ0n) is 35.9. The van der Waals surface area contributed by atoms with Gasteiger partial charge in [0.15, 0.2) is 0 Å². The second-order valence-corrected chi connectivity index (χ2v) is 18.2. The van der Waals surface area contributed by atoms with E-state index in [0.717, 1.165) is 97.8 Å². The van der Waals surface area contributed by atoms with Crippen LogP contribution in [0.2, 0.25) is 0 Å². The summed E-state index contributed by atoms with van der Waals surface area (Å²) >= 11 is 3.54. The van der Waals surface area contributed by atoms with Crippen molar-refractivity contribution in [2.75, 3.05) is 26.4 Å². The lowest BCUT2D eigenvalue weighted by molar-refractivity contribution is 0.202. The first kappa shape index (κ1) is 41.7. The van der Waals surface area contributed by atoms with Gasteiger partial charge in [-0.2, -0.15) is 0 Å². The number of rotatable bonds is 14. The third-order valence-electron chi connectivity index (χ3n) is 12.1. The van der Waals surface area contributed by atoms with E-state index in [9.17, 15) is 10.2 Å². The minimum Gasteiger partial charge on any atom is -0.491 e. The number of aliphatic hydroxyl groups excluding tert-OH is 2. The molecule has 0 saturated heterocycles. The molecule has 8 heteroatoms. The maximum absolute atomic E-state index is 9.78. The molecule has 0 atom stereocenters. The molecule has 10 aromatic rings. The molecule has 6 nitrogen and oxygen atoms in total. The zero-order chi connectivity index (χ0) is 44.4. The van der Waals surface area contributed by atoms with E-state index in [1.807, 2.05) is 36.4 Å². The van der Waals surface area contributed by atoms with Gasteiger partial charge in [0.25, 0.3) is 0 Å². The van der Waals surface area contributed by atoms with Crippen molar-refractivity contribution in [3.63, 3.8) is 0 Å². The Balaban J connectivity index is 0.938. The summed E-state index contributed by atoms with van der Waals surface area (Å²) in [5, 5.41) is 28.1. The minimum absolute atomic E-state index is 0.0884. The van der Waals surface area contributed by atoms with E-state index in [-0.39, 0.29) is 26.4 Å². The highest BCUT2D eigenvalue weighted by Gasteiger charge is 2.25. The fourth-order valence-electron chi connectivity index (χ4n) is 9.10. The van der Waals surface area contributed by atoms with Crippen molar-refractivity contribution in [3.8, 4) is 45.3 Å². The molecule has 0 amide bonds. The normalized spacial score (nSPS) is 12.0. The molecule has 1 aliphatic heterocycles. The molecular weight excluding hydrogens is 857 g/mol. The van der Waals surface area contributed by atoms with Crippen LogP contribution in [0, 0.1) is 0 Å². The van der Waals surface area contributed by atoms with E-state index in [0.29, 0.717) is 24.7 Å². The first-order valence-electron chi connectivity index (χ1n) is 22.1. The Morgan fingerprint density at radius 1 is 0.318 bits per heavy atom. The van der Waals surface area contributed by atoms with Gasteiger partial charge in [0, 0.05) is 53.0 Å². The quantitative estimate of drug-likeness (QED) is 0.112. The topological polar surface area (TPSA) is 77.4 Å². The van der Waals surface area contributed by atoms with Crippen LogP contribution in [-0.4, -0.2) is 36.6 Å². The zero-order valence-corrected chi connectivity index (χ0v) is 37.5. The van der Waals surface area contributed by atoms with Crippen molar-refractivity contribution in [2.24, 2.45) is 0 Å². The smallest absolute Gasteiger partial charge is 0.128 e. The van der Waals surface area contributed by atoms with Crippen LogP contribution >= 0.6 is 23.5 Å². The Bertz CT molecular complexity index is 3210. The lowest BCUT2D eigenvalue weighted by atomic mass is 9.92. The van der Waals surface area contributed by atoms with E-state index < -0.39 is 0 Å². The predicted octanol–water partition coefficient (Wildman–Crippen LogP) is 14.1. The van der Waals surface area contributed by atoms with Crippen LogP contribution in [0.5, 0.6) is 23.0 Å². The fraction of sp³-hybridized carbons (Fsp3) is 0.103. The van der Waals surface area contributed by atoms with Gasteiger partial charge in [-0.1, -0.05) is 169 Å². The number of hydrogen-bond acceptors (Lipinski definition) is 8. The second kappa shape index (κ2) is 18.5. The minimum atomic E-state index is -0.0884. The van der Waals surface area contributed by atoms with Crippen molar-refractivity contribution in [1.29, 1.82) is 0 Å². The van der Waals surface area contributed by atoms with Gasteiger partial charge in [-0.15, -0.1) is 0 Å². The molecule has 0 saturated carbocycles. The Morgan fingerprint density at radius 3 is 1.00 bits per heavy atom. The number of hydrogen-bond donors (Lipinski definition) is 2. The van der Waals surface area contributed by atoms with Gasteiger partial charge in [-0.25, -0.2) is 0 Å². The van der Waals surface area contributed by atoms with Crippen LogP contribution in [0.25, 0.3) is 65.3 Å².